The molecule has 4 aliphatic rings. The molecule has 11 heteroatoms. The fraction of sp³-hybridized carbons (Fsp3) is 0.355. The van der Waals surface area contributed by atoms with Crippen LogP contribution in [-0.2, 0) is 26.7 Å². The van der Waals surface area contributed by atoms with Crippen molar-refractivity contribution >= 4 is 22.0 Å². The first-order valence-electron chi connectivity index (χ1n) is 13.9. The fourth-order valence-electron chi connectivity index (χ4n) is 7.78. The molecule has 0 radical (unpaired) electrons. The SMILES string of the molecule is COc1ccc2c3c1O[C@@H]1[C@@H](NC(=O)/C=C/c4ccoc4)CC[C@]4(O)[C@H](C2)N(S(=O)(=O)c2ccccc2C#N)CC[C@@]314. The highest BCUT2D eigenvalue weighted by molar-refractivity contribution is 7.89. The van der Waals surface area contributed by atoms with Crippen LogP contribution < -0.4 is 14.8 Å². The zero-order valence-corrected chi connectivity index (χ0v) is 23.6. The Kier molecular flexibility index (Phi) is 6.03. The summed E-state index contributed by atoms with van der Waals surface area (Å²) >= 11 is 0. The number of rotatable bonds is 6. The molecule has 1 saturated heterocycles. The average molecular weight is 588 g/mol. The number of benzene rings is 2. The second-order valence-electron chi connectivity index (χ2n) is 11.3. The molecule has 42 heavy (non-hydrogen) atoms. The summed E-state index contributed by atoms with van der Waals surface area (Å²) in [6.45, 7) is 0.117. The molecule has 216 valence electrons. The van der Waals surface area contributed by atoms with Gasteiger partial charge in [0.2, 0.25) is 15.9 Å². The van der Waals surface area contributed by atoms with Gasteiger partial charge in [0.25, 0.3) is 0 Å². The lowest BCUT2D eigenvalue weighted by Gasteiger charge is -2.63. The fourth-order valence-corrected chi connectivity index (χ4v) is 9.59. The molecule has 2 fully saturated rings. The van der Waals surface area contributed by atoms with Gasteiger partial charge in [-0.25, -0.2) is 8.42 Å². The lowest BCUT2D eigenvalue weighted by Crippen LogP contribution is -2.78. The van der Waals surface area contributed by atoms with E-state index in [1.54, 1.807) is 37.5 Å². The highest BCUT2D eigenvalue weighted by Gasteiger charge is 2.74. The van der Waals surface area contributed by atoms with Crippen molar-refractivity contribution in [3.05, 3.63) is 83.3 Å². The number of nitrogens with zero attached hydrogens (tertiary/aromatic N) is 2. The summed E-state index contributed by atoms with van der Waals surface area (Å²) in [5.41, 5.74) is 0.0761. The first-order valence-corrected chi connectivity index (χ1v) is 15.3. The predicted molar refractivity (Wildman–Crippen MR) is 150 cm³/mol. The monoisotopic (exact) mass is 587 g/mol. The van der Waals surface area contributed by atoms with Crippen LogP contribution >= 0.6 is 0 Å². The van der Waals surface area contributed by atoms with Gasteiger partial charge in [-0.05, 0) is 61.6 Å². The van der Waals surface area contributed by atoms with E-state index < -0.39 is 39.2 Å². The molecule has 7 rings (SSSR count). The molecule has 1 saturated carbocycles. The number of amides is 1. The van der Waals surface area contributed by atoms with Gasteiger partial charge in [0.05, 0.1) is 53.2 Å². The zero-order chi connectivity index (χ0) is 29.3. The summed E-state index contributed by atoms with van der Waals surface area (Å²) in [6, 6.07) is 12.4. The first-order chi connectivity index (χ1) is 20.2. The number of furan rings is 1. The number of methoxy groups -OCH3 is 1. The molecule has 1 spiro atoms. The van der Waals surface area contributed by atoms with Gasteiger partial charge in [0.1, 0.15) is 12.2 Å². The summed E-state index contributed by atoms with van der Waals surface area (Å²) < 4.78 is 46.9. The van der Waals surface area contributed by atoms with Gasteiger partial charge in [0, 0.05) is 23.7 Å². The lowest BCUT2D eigenvalue weighted by molar-refractivity contribution is -0.177. The molecule has 1 amide bonds. The Balaban J connectivity index is 1.31. The Labute approximate surface area is 243 Å². The van der Waals surface area contributed by atoms with E-state index in [0.29, 0.717) is 17.9 Å². The van der Waals surface area contributed by atoms with Crippen molar-refractivity contribution < 1.29 is 32.2 Å². The minimum atomic E-state index is -4.13. The van der Waals surface area contributed by atoms with E-state index in [4.69, 9.17) is 13.9 Å². The number of carbonyl (C=O) groups is 1. The van der Waals surface area contributed by atoms with Crippen molar-refractivity contribution in [3.63, 3.8) is 0 Å². The number of piperidine rings is 1. The van der Waals surface area contributed by atoms with E-state index in [9.17, 15) is 23.6 Å². The third-order valence-electron chi connectivity index (χ3n) is 9.51. The van der Waals surface area contributed by atoms with E-state index in [1.165, 1.54) is 35.0 Å². The number of nitrogens with one attached hydrogen (secondary N) is 1. The van der Waals surface area contributed by atoms with Gasteiger partial charge < -0.3 is 24.3 Å². The summed E-state index contributed by atoms with van der Waals surface area (Å²) in [5, 5.41) is 25.5. The van der Waals surface area contributed by atoms with Crippen molar-refractivity contribution in [3.8, 4) is 17.6 Å². The highest BCUT2D eigenvalue weighted by Crippen LogP contribution is 2.65. The first kappa shape index (κ1) is 26.8. The van der Waals surface area contributed by atoms with Crippen LogP contribution in [0.5, 0.6) is 11.5 Å². The van der Waals surface area contributed by atoms with Crippen LogP contribution in [0.3, 0.4) is 0 Å². The average Bonchev–Trinajstić information content (AvgIpc) is 3.63. The Hall–Kier alpha value is -4.11. The standard InChI is InChI=1S/C31H29N3O7S/c1-39-23-8-7-20-16-25-31(36)12-10-22(33-26(35)9-6-19-11-15-40-18-19)29-30(31,27(20)28(23)41-29)13-14-34(25)42(37,38)24-5-3-2-4-21(24)17-32/h2-9,11,15,18,22,25,29,36H,10,12-14,16H2,1H3,(H,33,35)/b9-6+/t22-,25-,29+,30+,31-/m0/s1. The number of aliphatic hydroxyl groups is 1. The maximum Gasteiger partial charge on any atom is 0.244 e. The number of sulfonamides is 1. The van der Waals surface area contributed by atoms with Crippen LogP contribution in [0.1, 0.15) is 41.5 Å². The third kappa shape index (κ3) is 3.55. The van der Waals surface area contributed by atoms with E-state index in [2.05, 4.69) is 5.32 Å². The van der Waals surface area contributed by atoms with Gasteiger partial charge >= 0.3 is 0 Å². The second kappa shape index (κ2) is 9.46. The minimum absolute atomic E-state index is 0.0602. The molecule has 3 aromatic rings. The number of hydrogen-bond donors (Lipinski definition) is 2. The molecule has 2 aliphatic carbocycles. The molecular formula is C31H29N3O7S. The minimum Gasteiger partial charge on any atom is -0.493 e. The molecule has 5 atom stereocenters. The van der Waals surface area contributed by atoms with Crippen LogP contribution in [0.25, 0.3) is 6.08 Å². The van der Waals surface area contributed by atoms with E-state index >= 15 is 0 Å². The van der Waals surface area contributed by atoms with Crippen molar-refractivity contribution in [2.75, 3.05) is 13.7 Å². The Morgan fingerprint density at radius 1 is 1.24 bits per heavy atom. The normalized spacial score (nSPS) is 29.4. The Morgan fingerprint density at radius 2 is 2.07 bits per heavy atom. The van der Waals surface area contributed by atoms with Crippen molar-refractivity contribution in [2.24, 2.45) is 0 Å². The van der Waals surface area contributed by atoms with Gasteiger partial charge in [-0.15, -0.1) is 0 Å². The summed E-state index contributed by atoms with van der Waals surface area (Å²) in [6.07, 6.45) is 6.66. The van der Waals surface area contributed by atoms with E-state index in [0.717, 1.165) is 16.7 Å². The maximum absolute atomic E-state index is 14.1. The van der Waals surface area contributed by atoms with E-state index in [1.807, 2.05) is 12.1 Å². The largest absolute Gasteiger partial charge is 0.493 e. The van der Waals surface area contributed by atoms with Crippen LogP contribution in [0.2, 0.25) is 0 Å². The molecule has 10 nitrogen and oxygen atoms in total. The van der Waals surface area contributed by atoms with Gasteiger partial charge in [-0.1, -0.05) is 18.2 Å². The van der Waals surface area contributed by atoms with Crippen LogP contribution in [0.15, 0.2) is 70.4 Å². The number of hydrogen-bond acceptors (Lipinski definition) is 8. The van der Waals surface area contributed by atoms with Gasteiger partial charge in [-0.3, -0.25) is 4.79 Å². The Morgan fingerprint density at radius 3 is 2.83 bits per heavy atom. The molecular weight excluding hydrogens is 558 g/mol. The van der Waals surface area contributed by atoms with Crippen LogP contribution in [-0.4, -0.2) is 61.2 Å². The molecule has 2 aliphatic heterocycles. The van der Waals surface area contributed by atoms with Crippen LogP contribution in [0.4, 0.5) is 0 Å². The second-order valence-corrected chi connectivity index (χ2v) is 13.2. The zero-order valence-electron chi connectivity index (χ0n) is 22.8. The lowest BCUT2D eigenvalue weighted by atomic mass is 9.48. The summed E-state index contributed by atoms with van der Waals surface area (Å²) in [7, 11) is -2.57. The van der Waals surface area contributed by atoms with Crippen LogP contribution in [0, 0.1) is 11.3 Å². The third-order valence-corrected chi connectivity index (χ3v) is 11.5. The van der Waals surface area contributed by atoms with Gasteiger partial charge in [-0.2, -0.15) is 9.57 Å². The maximum atomic E-state index is 14.1. The van der Waals surface area contributed by atoms with Crippen molar-refractivity contribution in [2.45, 2.75) is 59.8 Å². The molecule has 3 heterocycles. The summed E-state index contributed by atoms with van der Waals surface area (Å²) in [4.78, 5) is 12.9. The molecule has 2 aromatic carbocycles. The molecule has 2 bridgehead atoms. The van der Waals surface area contributed by atoms with Gasteiger partial charge in [0.15, 0.2) is 11.5 Å². The molecule has 1 aromatic heterocycles. The van der Waals surface area contributed by atoms with Crippen molar-refractivity contribution in [1.29, 1.82) is 5.26 Å². The quantitative estimate of drug-likeness (QED) is 0.420. The highest BCUT2D eigenvalue weighted by atomic mass is 32.2. The molecule has 2 N–H and O–H groups in total. The topological polar surface area (TPSA) is 142 Å². The summed E-state index contributed by atoms with van der Waals surface area (Å²) in [5.74, 6) is 0.759. The number of ether oxygens (including phenoxy) is 2. The van der Waals surface area contributed by atoms with E-state index in [-0.39, 0.29) is 42.2 Å². The predicted octanol–water partition coefficient (Wildman–Crippen LogP) is 2.90. The Bertz CT molecular complexity index is 1760. The number of nitriles is 1. The molecule has 0 unspecified atom stereocenters. The number of carbonyl (C=O) groups excluding carboxylic acids is 1. The smallest absolute Gasteiger partial charge is 0.244 e. The van der Waals surface area contributed by atoms with Crippen molar-refractivity contribution in [1.82, 2.24) is 9.62 Å².